The molecular weight excluding hydrogens is 657 g/mol. The molecule has 3 heteroatoms. The first-order valence-electron chi connectivity index (χ1n) is 18.4. The van der Waals surface area contributed by atoms with Gasteiger partial charge in [-0.1, -0.05) is 164 Å². The number of aromatic nitrogens is 2. The second-order valence-electron chi connectivity index (χ2n) is 14.1. The standard InChI is InChI=1S/C51H32N2O/c1-2-15-34(16-3-1)46-32-47(41-20-7-6-18-38(41)36-27-26-33-14-4-5-17-35(33)30-36)53-50(52-46)37-28-29-40-39-19-8-9-21-42(39)51(45(40)31-37)43-22-10-12-24-48(43)54-49-25-13-11-23-44(49)51/h1-32H. The van der Waals surface area contributed by atoms with Gasteiger partial charge in [0, 0.05) is 27.8 Å². The Bertz CT molecular complexity index is 2880. The maximum atomic E-state index is 6.59. The highest BCUT2D eigenvalue weighted by Gasteiger charge is 2.51. The summed E-state index contributed by atoms with van der Waals surface area (Å²) in [4.78, 5) is 10.7. The summed E-state index contributed by atoms with van der Waals surface area (Å²) in [6, 6.07) is 68.9. The molecule has 54 heavy (non-hydrogen) atoms. The van der Waals surface area contributed by atoms with Crippen molar-refractivity contribution in [3.05, 3.63) is 216 Å². The number of benzene rings is 8. The molecule has 1 aliphatic heterocycles. The van der Waals surface area contributed by atoms with Crippen molar-refractivity contribution in [2.75, 3.05) is 0 Å². The van der Waals surface area contributed by atoms with Crippen molar-refractivity contribution in [1.29, 1.82) is 0 Å². The number of ether oxygens (including phenoxy) is 1. The number of rotatable bonds is 4. The Morgan fingerprint density at radius 1 is 0.333 bits per heavy atom. The van der Waals surface area contributed by atoms with Gasteiger partial charge < -0.3 is 4.74 Å². The van der Waals surface area contributed by atoms with E-state index in [0.29, 0.717) is 5.82 Å². The smallest absolute Gasteiger partial charge is 0.160 e. The summed E-state index contributed by atoms with van der Waals surface area (Å²) in [6.45, 7) is 0. The van der Waals surface area contributed by atoms with E-state index in [1.165, 1.54) is 33.0 Å². The molecular formula is C51H32N2O. The summed E-state index contributed by atoms with van der Waals surface area (Å²) < 4.78 is 6.59. The number of para-hydroxylation sites is 2. The molecule has 1 aromatic heterocycles. The Balaban J connectivity index is 1.15. The fourth-order valence-electron chi connectivity index (χ4n) is 8.78. The summed E-state index contributed by atoms with van der Waals surface area (Å²) in [5.41, 5.74) is 13.7. The molecule has 252 valence electrons. The number of nitrogens with zero attached hydrogens (tertiary/aromatic N) is 2. The molecule has 0 atom stereocenters. The quantitative estimate of drug-likeness (QED) is 0.185. The molecule has 1 aliphatic carbocycles. The summed E-state index contributed by atoms with van der Waals surface area (Å²) in [6.07, 6.45) is 0. The van der Waals surface area contributed by atoms with E-state index in [0.717, 1.165) is 61.8 Å². The van der Waals surface area contributed by atoms with Gasteiger partial charge in [0.15, 0.2) is 5.82 Å². The fourth-order valence-corrected chi connectivity index (χ4v) is 8.78. The Morgan fingerprint density at radius 2 is 0.907 bits per heavy atom. The summed E-state index contributed by atoms with van der Waals surface area (Å²) in [5, 5.41) is 2.43. The molecule has 0 N–H and O–H groups in total. The van der Waals surface area contributed by atoms with E-state index in [9.17, 15) is 0 Å². The lowest BCUT2D eigenvalue weighted by Gasteiger charge is -2.39. The van der Waals surface area contributed by atoms with Crippen LogP contribution in [0.15, 0.2) is 194 Å². The Labute approximate surface area is 313 Å². The SMILES string of the molecule is c1ccc(-c2cc(-c3ccccc3-c3ccc4ccccc4c3)nc(-c3ccc4c(c3)C3(c5ccccc5Oc5ccccc53)c3ccccc3-4)n2)cc1. The van der Waals surface area contributed by atoms with Crippen LogP contribution in [-0.4, -0.2) is 9.97 Å². The summed E-state index contributed by atoms with van der Waals surface area (Å²) >= 11 is 0. The van der Waals surface area contributed by atoms with Crippen LogP contribution in [0.4, 0.5) is 0 Å². The Morgan fingerprint density at radius 3 is 1.69 bits per heavy atom. The van der Waals surface area contributed by atoms with E-state index >= 15 is 0 Å². The third-order valence-electron chi connectivity index (χ3n) is 11.2. The van der Waals surface area contributed by atoms with Crippen LogP contribution in [0.3, 0.4) is 0 Å². The lowest BCUT2D eigenvalue weighted by atomic mass is 9.66. The maximum Gasteiger partial charge on any atom is 0.160 e. The van der Waals surface area contributed by atoms with Gasteiger partial charge in [-0.05, 0) is 74.5 Å². The molecule has 11 rings (SSSR count). The van der Waals surface area contributed by atoms with Gasteiger partial charge in [-0.25, -0.2) is 9.97 Å². The molecule has 0 unspecified atom stereocenters. The molecule has 0 fully saturated rings. The van der Waals surface area contributed by atoms with Crippen LogP contribution in [0.5, 0.6) is 11.5 Å². The van der Waals surface area contributed by atoms with Crippen molar-refractivity contribution < 1.29 is 4.74 Å². The normalized spacial score (nSPS) is 13.1. The summed E-state index contributed by atoms with van der Waals surface area (Å²) in [5.74, 6) is 2.43. The highest BCUT2D eigenvalue weighted by Crippen LogP contribution is 2.62. The van der Waals surface area contributed by atoms with Crippen molar-refractivity contribution in [3.63, 3.8) is 0 Å². The van der Waals surface area contributed by atoms with Gasteiger partial charge in [0.05, 0.1) is 16.8 Å². The van der Waals surface area contributed by atoms with Crippen LogP contribution in [-0.2, 0) is 5.41 Å². The zero-order chi connectivity index (χ0) is 35.6. The van der Waals surface area contributed by atoms with Crippen LogP contribution >= 0.6 is 0 Å². The molecule has 0 amide bonds. The molecule has 0 radical (unpaired) electrons. The predicted octanol–water partition coefficient (Wildman–Crippen LogP) is 12.8. The van der Waals surface area contributed by atoms with E-state index in [1.54, 1.807) is 0 Å². The van der Waals surface area contributed by atoms with Gasteiger partial charge in [0.1, 0.15) is 11.5 Å². The average Bonchev–Trinajstić information content (AvgIpc) is 3.53. The van der Waals surface area contributed by atoms with E-state index in [1.807, 2.05) is 6.07 Å². The van der Waals surface area contributed by atoms with Gasteiger partial charge >= 0.3 is 0 Å². The van der Waals surface area contributed by atoms with Crippen LogP contribution in [0, 0.1) is 0 Å². The zero-order valence-corrected chi connectivity index (χ0v) is 29.3. The molecule has 0 saturated carbocycles. The molecule has 0 saturated heterocycles. The Kier molecular flexibility index (Phi) is 6.77. The first kappa shape index (κ1) is 30.5. The third kappa shape index (κ3) is 4.55. The molecule has 9 aromatic rings. The van der Waals surface area contributed by atoms with Crippen LogP contribution < -0.4 is 4.74 Å². The molecule has 2 aliphatic rings. The molecule has 1 spiro atoms. The highest BCUT2D eigenvalue weighted by molar-refractivity contribution is 5.93. The van der Waals surface area contributed by atoms with E-state index in [2.05, 4.69) is 188 Å². The van der Waals surface area contributed by atoms with E-state index in [-0.39, 0.29) is 0 Å². The fraction of sp³-hybridized carbons (Fsp3) is 0.0196. The van der Waals surface area contributed by atoms with Crippen molar-refractivity contribution in [2.45, 2.75) is 5.41 Å². The van der Waals surface area contributed by atoms with Gasteiger partial charge in [0.2, 0.25) is 0 Å². The molecule has 0 bridgehead atoms. The number of hydrogen-bond donors (Lipinski definition) is 0. The maximum absolute atomic E-state index is 6.59. The van der Waals surface area contributed by atoms with Crippen molar-refractivity contribution >= 4 is 10.8 Å². The molecule has 8 aromatic carbocycles. The first-order chi connectivity index (χ1) is 26.8. The largest absolute Gasteiger partial charge is 0.457 e. The Hall–Kier alpha value is -7.10. The lowest BCUT2D eigenvalue weighted by molar-refractivity contribution is 0.436. The second kappa shape index (κ2) is 12.0. The average molecular weight is 689 g/mol. The topological polar surface area (TPSA) is 35.0 Å². The van der Waals surface area contributed by atoms with Gasteiger partial charge in [-0.2, -0.15) is 0 Å². The first-order valence-corrected chi connectivity index (χ1v) is 18.4. The van der Waals surface area contributed by atoms with Crippen LogP contribution in [0.25, 0.3) is 66.9 Å². The predicted molar refractivity (Wildman–Crippen MR) is 219 cm³/mol. The minimum absolute atomic E-state index is 0.573. The number of fused-ring (bicyclic) bond motifs is 10. The van der Waals surface area contributed by atoms with Crippen molar-refractivity contribution in [2.24, 2.45) is 0 Å². The minimum atomic E-state index is -0.573. The van der Waals surface area contributed by atoms with E-state index in [4.69, 9.17) is 14.7 Å². The second-order valence-corrected chi connectivity index (χ2v) is 14.1. The minimum Gasteiger partial charge on any atom is -0.457 e. The zero-order valence-electron chi connectivity index (χ0n) is 29.3. The molecule has 2 heterocycles. The molecule has 3 nitrogen and oxygen atoms in total. The highest BCUT2D eigenvalue weighted by atomic mass is 16.5. The van der Waals surface area contributed by atoms with Crippen molar-refractivity contribution in [1.82, 2.24) is 9.97 Å². The van der Waals surface area contributed by atoms with Crippen LogP contribution in [0.1, 0.15) is 22.3 Å². The van der Waals surface area contributed by atoms with Gasteiger partial charge in [-0.3, -0.25) is 0 Å². The van der Waals surface area contributed by atoms with Gasteiger partial charge in [-0.15, -0.1) is 0 Å². The van der Waals surface area contributed by atoms with Crippen molar-refractivity contribution in [3.8, 4) is 67.7 Å². The lowest BCUT2D eigenvalue weighted by Crippen LogP contribution is -2.32. The monoisotopic (exact) mass is 688 g/mol. The van der Waals surface area contributed by atoms with Crippen LogP contribution in [0.2, 0.25) is 0 Å². The van der Waals surface area contributed by atoms with E-state index < -0.39 is 5.41 Å². The van der Waals surface area contributed by atoms with Gasteiger partial charge in [0.25, 0.3) is 0 Å². The number of hydrogen-bond acceptors (Lipinski definition) is 3. The summed E-state index contributed by atoms with van der Waals surface area (Å²) in [7, 11) is 0. The third-order valence-corrected chi connectivity index (χ3v) is 11.2.